The molecule has 0 aromatic carbocycles. The fraction of sp³-hybridized carbons (Fsp3) is 0.818. The smallest absolute Gasteiger partial charge is 0.404 e. The van der Waals surface area contributed by atoms with Crippen LogP contribution in [0.2, 0.25) is 0 Å². The van der Waals surface area contributed by atoms with E-state index in [-0.39, 0.29) is 23.8 Å². The van der Waals surface area contributed by atoms with E-state index in [1.807, 2.05) is 13.8 Å². The first-order valence-electron chi connectivity index (χ1n) is 5.90. The van der Waals surface area contributed by atoms with Gasteiger partial charge in [0, 0.05) is 6.54 Å². The summed E-state index contributed by atoms with van der Waals surface area (Å²) in [5.41, 5.74) is 4.48. The molecule has 0 bridgehead atoms. The summed E-state index contributed by atoms with van der Waals surface area (Å²) in [5, 5.41) is 6.01. The molecular weight excluding hydrogens is 222 g/mol. The number of nitrogens with two attached hydrogens (primary N) is 1. The van der Waals surface area contributed by atoms with E-state index in [2.05, 4.69) is 15.4 Å². The van der Waals surface area contributed by atoms with E-state index >= 15 is 0 Å². The van der Waals surface area contributed by atoms with E-state index < -0.39 is 6.09 Å². The molecule has 0 spiro atoms. The van der Waals surface area contributed by atoms with Crippen LogP contribution in [0.15, 0.2) is 0 Å². The standard InChI is InChI=1S/C11H21N3O3/c1-8(2)11(3-4-13-7-11)9(15)14-5-6-17-10(12)16/h8,13H,3-7H2,1-2H3,(H2,12,16)(H,14,15). The predicted molar refractivity (Wildman–Crippen MR) is 63.3 cm³/mol. The lowest BCUT2D eigenvalue weighted by Crippen LogP contribution is -2.47. The highest BCUT2D eigenvalue weighted by molar-refractivity contribution is 5.83. The van der Waals surface area contributed by atoms with Crippen molar-refractivity contribution in [3.8, 4) is 0 Å². The highest BCUT2D eigenvalue weighted by Crippen LogP contribution is 2.34. The fourth-order valence-electron chi connectivity index (χ4n) is 2.15. The number of carbonyl (C=O) groups is 2. The van der Waals surface area contributed by atoms with Crippen molar-refractivity contribution in [3.63, 3.8) is 0 Å². The van der Waals surface area contributed by atoms with Gasteiger partial charge in [0.2, 0.25) is 5.91 Å². The summed E-state index contributed by atoms with van der Waals surface area (Å²) in [6.07, 6.45) is 0.0213. The third-order valence-electron chi connectivity index (χ3n) is 3.38. The lowest BCUT2D eigenvalue weighted by molar-refractivity contribution is -0.132. The zero-order valence-corrected chi connectivity index (χ0v) is 10.4. The van der Waals surface area contributed by atoms with Crippen molar-refractivity contribution in [3.05, 3.63) is 0 Å². The minimum atomic E-state index is -0.819. The van der Waals surface area contributed by atoms with Crippen LogP contribution in [0, 0.1) is 11.3 Å². The normalized spacial score (nSPS) is 23.7. The molecule has 6 heteroatoms. The molecule has 0 aliphatic carbocycles. The second kappa shape index (κ2) is 5.86. The van der Waals surface area contributed by atoms with Gasteiger partial charge in [-0.1, -0.05) is 13.8 Å². The van der Waals surface area contributed by atoms with E-state index in [0.717, 1.165) is 13.0 Å². The fourth-order valence-corrected chi connectivity index (χ4v) is 2.15. The second-order valence-corrected chi connectivity index (χ2v) is 4.66. The number of hydrogen-bond acceptors (Lipinski definition) is 4. The van der Waals surface area contributed by atoms with E-state index in [1.54, 1.807) is 0 Å². The van der Waals surface area contributed by atoms with Crippen LogP contribution in [0.25, 0.3) is 0 Å². The van der Waals surface area contributed by atoms with E-state index in [4.69, 9.17) is 5.73 Å². The molecule has 1 aliphatic rings. The Bertz CT molecular complexity index is 286. The number of hydrogen-bond donors (Lipinski definition) is 3. The summed E-state index contributed by atoms with van der Waals surface area (Å²) in [6.45, 7) is 6.08. The quantitative estimate of drug-likeness (QED) is 0.585. The van der Waals surface area contributed by atoms with Gasteiger partial charge in [0.05, 0.1) is 12.0 Å². The molecule has 1 aliphatic heterocycles. The van der Waals surface area contributed by atoms with Crippen LogP contribution in [0.1, 0.15) is 20.3 Å². The van der Waals surface area contributed by atoms with Gasteiger partial charge in [-0.3, -0.25) is 4.79 Å². The Morgan fingerprint density at radius 3 is 2.71 bits per heavy atom. The van der Waals surface area contributed by atoms with Gasteiger partial charge in [-0.05, 0) is 18.9 Å². The first-order valence-corrected chi connectivity index (χ1v) is 5.90. The van der Waals surface area contributed by atoms with Crippen LogP contribution in [-0.2, 0) is 9.53 Å². The molecule has 17 heavy (non-hydrogen) atoms. The van der Waals surface area contributed by atoms with Gasteiger partial charge in [0.25, 0.3) is 0 Å². The monoisotopic (exact) mass is 243 g/mol. The number of carbonyl (C=O) groups excluding carboxylic acids is 2. The highest BCUT2D eigenvalue weighted by atomic mass is 16.5. The largest absolute Gasteiger partial charge is 0.448 e. The summed E-state index contributed by atoms with van der Waals surface area (Å²) >= 11 is 0. The average molecular weight is 243 g/mol. The number of amides is 2. The summed E-state index contributed by atoms with van der Waals surface area (Å²) in [4.78, 5) is 22.5. The second-order valence-electron chi connectivity index (χ2n) is 4.66. The van der Waals surface area contributed by atoms with Crippen molar-refractivity contribution < 1.29 is 14.3 Å². The summed E-state index contributed by atoms with van der Waals surface area (Å²) in [5.74, 6) is 0.292. The Kier molecular flexibility index (Phi) is 4.74. The van der Waals surface area contributed by atoms with Gasteiger partial charge >= 0.3 is 6.09 Å². The zero-order chi connectivity index (χ0) is 12.9. The molecule has 4 N–H and O–H groups in total. The van der Waals surface area contributed by atoms with E-state index in [0.29, 0.717) is 13.1 Å². The van der Waals surface area contributed by atoms with E-state index in [1.165, 1.54) is 0 Å². The Labute approximate surface area is 101 Å². The third kappa shape index (κ3) is 3.33. The molecular formula is C11H21N3O3. The van der Waals surface area contributed by atoms with Gasteiger partial charge in [-0.2, -0.15) is 0 Å². The van der Waals surface area contributed by atoms with E-state index in [9.17, 15) is 9.59 Å². The van der Waals surface area contributed by atoms with Gasteiger partial charge in [0.15, 0.2) is 0 Å². The van der Waals surface area contributed by atoms with Crippen LogP contribution in [0.3, 0.4) is 0 Å². The van der Waals surface area contributed by atoms with Crippen LogP contribution >= 0.6 is 0 Å². The molecule has 2 amide bonds. The number of ether oxygens (including phenoxy) is 1. The topological polar surface area (TPSA) is 93.4 Å². The van der Waals surface area contributed by atoms with Crippen LogP contribution < -0.4 is 16.4 Å². The first-order chi connectivity index (χ1) is 7.99. The van der Waals surface area contributed by atoms with Gasteiger partial charge in [-0.25, -0.2) is 4.79 Å². The summed E-state index contributed by atoms with van der Waals surface area (Å²) in [6, 6.07) is 0. The average Bonchev–Trinajstić information content (AvgIpc) is 2.74. The number of primary amides is 1. The molecule has 1 saturated heterocycles. The summed E-state index contributed by atoms with van der Waals surface area (Å²) in [7, 11) is 0. The molecule has 0 aromatic rings. The molecule has 0 aromatic heterocycles. The van der Waals surface area contributed by atoms with Gasteiger partial charge in [0.1, 0.15) is 6.61 Å². The number of rotatable bonds is 5. The highest BCUT2D eigenvalue weighted by Gasteiger charge is 2.43. The maximum atomic E-state index is 12.1. The van der Waals surface area contributed by atoms with Crippen molar-refractivity contribution in [2.24, 2.45) is 17.1 Å². The van der Waals surface area contributed by atoms with Crippen LogP contribution in [0.5, 0.6) is 0 Å². The maximum Gasteiger partial charge on any atom is 0.404 e. The molecule has 0 saturated carbocycles. The molecule has 6 nitrogen and oxygen atoms in total. The van der Waals surface area contributed by atoms with Gasteiger partial charge in [-0.15, -0.1) is 0 Å². The zero-order valence-electron chi connectivity index (χ0n) is 10.4. The molecule has 1 unspecified atom stereocenters. The third-order valence-corrected chi connectivity index (χ3v) is 3.38. The molecule has 0 radical (unpaired) electrons. The molecule has 1 fully saturated rings. The molecule has 98 valence electrons. The van der Waals surface area contributed by atoms with Crippen LogP contribution in [-0.4, -0.2) is 38.2 Å². The minimum absolute atomic E-state index is 0.0190. The van der Waals surface area contributed by atoms with Crippen molar-refractivity contribution in [2.45, 2.75) is 20.3 Å². The lowest BCUT2D eigenvalue weighted by Gasteiger charge is -2.31. The SMILES string of the molecule is CC(C)C1(C(=O)NCCOC(N)=O)CCNC1. The Balaban J connectivity index is 2.42. The van der Waals surface area contributed by atoms with Crippen molar-refractivity contribution >= 4 is 12.0 Å². The predicted octanol–water partition coefficient (Wildman–Crippen LogP) is -0.166. The van der Waals surface area contributed by atoms with Crippen molar-refractivity contribution in [2.75, 3.05) is 26.2 Å². The number of nitrogens with one attached hydrogen (secondary N) is 2. The van der Waals surface area contributed by atoms with Gasteiger partial charge < -0.3 is 21.1 Å². The van der Waals surface area contributed by atoms with Crippen molar-refractivity contribution in [1.82, 2.24) is 10.6 Å². The van der Waals surface area contributed by atoms with Crippen molar-refractivity contribution in [1.29, 1.82) is 0 Å². The Hall–Kier alpha value is -1.30. The summed E-state index contributed by atoms with van der Waals surface area (Å²) < 4.78 is 4.56. The Morgan fingerprint density at radius 1 is 1.53 bits per heavy atom. The van der Waals surface area contributed by atoms with Crippen LogP contribution in [0.4, 0.5) is 4.79 Å². The lowest BCUT2D eigenvalue weighted by atomic mass is 9.75. The molecule has 1 heterocycles. The Morgan fingerprint density at radius 2 is 2.24 bits per heavy atom. The first kappa shape index (κ1) is 13.8. The molecule has 1 atom stereocenters. The minimum Gasteiger partial charge on any atom is -0.448 e. The maximum absolute atomic E-state index is 12.1. The molecule has 1 rings (SSSR count).